The summed E-state index contributed by atoms with van der Waals surface area (Å²) < 4.78 is 69.6. The topological polar surface area (TPSA) is 72.4 Å². The lowest BCUT2D eigenvalue weighted by molar-refractivity contribution is -0.134. The van der Waals surface area contributed by atoms with Crippen molar-refractivity contribution in [2.24, 2.45) is 0 Å². The smallest absolute Gasteiger partial charge is 0.364 e. The van der Waals surface area contributed by atoms with Gasteiger partial charge in [0.1, 0.15) is 16.5 Å². The molecule has 1 aromatic carbocycles. The van der Waals surface area contributed by atoms with Gasteiger partial charge in [0, 0.05) is 16.9 Å². The molecule has 0 aliphatic heterocycles. The first-order valence-corrected chi connectivity index (χ1v) is 8.34. The average molecular weight is 381 g/mol. The first-order valence-electron chi connectivity index (χ1n) is 7.19. The highest BCUT2D eigenvalue weighted by molar-refractivity contribution is 7.90. The fourth-order valence-corrected chi connectivity index (χ4v) is 2.79. The van der Waals surface area contributed by atoms with Gasteiger partial charge in [-0.3, -0.25) is 0 Å². The lowest BCUT2D eigenvalue weighted by atomic mass is 9.87. The molecule has 1 rings (SSSR count). The summed E-state index contributed by atoms with van der Waals surface area (Å²) in [6.45, 7) is 5.71. The van der Waals surface area contributed by atoms with E-state index in [9.17, 15) is 26.9 Å². The van der Waals surface area contributed by atoms with Crippen LogP contribution < -0.4 is 4.72 Å². The van der Waals surface area contributed by atoms with Gasteiger partial charge in [-0.25, -0.2) is 18.0 Å². The van der Waals surface area contributed by atoms with Gasteiger partial charge in [0.2, 0.25) is 5.83 Å². The third-order valence-corrected chi connectivity index (χ3v) is 5.14. The van der Waals surface area contributed by atoms with Gasteiger partial charge in [-0.05, 0) is 39.8 Å². The molecule has 0 saturated carbocycles. The van der Waals surface area contributed by atoms with E-state index in [4.69, 9.17) is 5.11 Å². The number of carboxylic acids is 1. The second-order valence-electron chi connectivity index (χ2n) is 6.51. The molecule has 0 spiro atoms. The Morgan fingerprint density at radius 3 is 2.36 bits per heavy atom. The summed E-state index contributed by atoms with van der Waals surface area (Å²) in [5.41, 5.74) is -2.73. The Hall–Kier alpha value is -1.58. The predicted octanol–water partition coefficient (Wildman–Crippen LogP) is 3.51. The van der Waals surface area contributed by atoms with Crippen molar-refractivity contribution in [3.8, 4) is 0 Å². The molecule has 0 heterocycles. The Balaban J connectivity index is 3.48. The molecule has 0 aliphatic rings. The molecule has 0 aliphatic carbocycles. The zero-order chi connectivity index (χ0) is 19.6. The summed E-state index contributed by atoms with van der Waals surface area (Å²) in [5, 5.41) is 8.55. The highest BCUT2D eigenvalue weighted by Gasteiger charge is 2.45. The van der Waals surface area contributed by atoms with Crippen molar-refractivity contribution in [1.82, 2.24) is 4.72 Å². The van der Waals surface area contributed by atoms with Crippen molar-refractivity contribution in [3.63, 3.8) is 0 Å². The Bertz CT molecular complexity index is 678. The average Bonchev–Trinajstić information content (AvgIpc) is 2.48. The second-order valence-corrected chi connectivity index (χ2v) is 8.47. The van der Waals surface area contributed by atoms with Gasteiger partial charge in [-0.15, -0.1) is 4.72 Å². The van der Waals surface area contributed by atoms with E-state index >= 15 is 0 Å². The van der Waals surface area contributed by atoms with Crippen LogP contribution in [0.15, 0.2) is 30.1 Å². The minimum absolute atomic E-state index is 0.111. The zero-order valence-electron chi connectivity index (χ0n) is 14.1. The Morgan fingerprint density at radius 2 is 1.88 bits per heavy atom. The zero-order valence-corrected chi connectivity index (χ0v) is 14.9. The SMILES string of the molecule is CC(N[S+]([O-])C(C)(C)C)(c1cccc(F)c1F)C(F)C=C(F)C(=O)O. The monoisotopic (exact) mass is 381 g/mol. The van der Waals surface area contributed by atoms with Gasteiger partial charge in [0.05, 0.1) is 0 Å². The van der Waals surface area contributed by atoms with Crippen molar-refractivity contribution in [1.29, 1.82) is 0 Å². The molecule has 2 N–H and O–H groups in total. The number of nitrogens with one attached hydrogen (secondary N) is 1. The molecular weight excluding hydrogens is 362 g/mol. The third-order valence-electron chi connectivity index (χ3n) is 3.42. The Labute approximate surface area is 146 Å². The molecule has 3 unspecified atom stereocenters. The van der Waals surface area contributed by atoms with Crippen LogP contribution in [0, 0.1) is 11.6 Å². The summed E-state index contributed by atoms with van der Waals surface area (Å²) in [4.78, 5) is 10.6. The highest BCUT2D eigenvalue weighted by atomic mass is 32.2. The number of rotatable bonds is 6. The minimum atomic E-state index is -2.45. The quantitative estimate of drug-likeness (QED) is 0.449. The number of carboxylic acid groups (broad SMARTS) is 1. The van der Waals surface area contributed by atoms with Gasteiger partial charge in [-0.1, -0.05) is 12.1 Å². The first kappa shape index (κ1) is 21.5. The molecule has 25 heavy (non-hydrogen) atoms. The maximum atomic E-state index is 14.7. The Kier molecular flexibility index (Phi) is 6.66. The number of hydrogen-bond acceptors (Lipinski definition) is 3. The van der Waals surface area contributed by atoms with Crippen LogP contribution in [0.25, 0.3) is 0 Å². The summed E-state index contributed by atoms with van der Waals surface area (Å²) in [5.74, 6) is -6.50. The summed E-state index contributed by atoms with van der Waals surface area (Å²) >= 11 is -1.95. The van der Waals surface area contributed by atoms with Crippen LogP contribution in [-0.4, -0.2) is 26.5 Å². The maximum absolute atomic E-state index is 14.7. The molecular formula is C16H19F4NO3S. The molecule has 9 heteroatoms. The normalized spacial score (nSPS) is 17.7. The number of alkyl halides is 1. The van der Waals surface area contributed by atoms with Crippen molar-refractivity contribution >= 4 is 17.3 Å². The van der Waals surface area contributed by atoms with Crippen LogP contribution in [0.3, 0.4) is 0 Å². The van der Waals surface area contributed by atoms with E-state index in [0.717, 1.165) is 25.1 Å². The van der Waals surface area contributed by atoms with E-state index in [1.54, 1.807) is 20.8 Å². The molecule has 0 saturated heterocycles. The predicted molar refractivity (Wildman–Crippen MR) is 86.5 cm³/mol. The number of aliphatic carboxylic acids is 1. The van der Waals surface area contributed by atoms with Crippen molar-refractivity contribution < 1.29 is 32.0 Å². The second kappa shape index (κ2) is 7.76. The highest BCUT2D eigenvalue weighted by Crippen LogP contribution is 2.34. The molecule has 140 valence electrons. The van der Waals surface area contributed by atoms with Gasteiger partial charge >= 0.3 is 5.97 Å². The van der Waals surface area contributed by atoms with E-state index in [1.165, 1.54) is 0 Å². The van der Waals surface area contributed by atoms with Crippen LogP contribution in [-0.2, 0) is 21.7 Å². The number of benzene rings is 1. The fourth-order valence-electron chi connectivity index (χ4n) is 1.88. The molecule has 1 aromatic rings. The van der Waals surface area contributed by atoms with E-state index in [1.807, 2.05) is 0 Å². The maximum Gasteiger partial charge on any atom is 0.364 e. The molecule has 4 nitrogen and oxygen atoms in total. The number of carbonyl (C=O) groups is 1. The third kappa shape index (κ3) is 4.96. The summed E-state index contributed by atoms with van der Waals surface area (Å²) in [6.07, 6.45) is -2.34. The van der Waals surface area contributed by atoms with Gasteiger partial charge < -0.3 is 9.66 Å². The van der Waals surface area contributed by atoms with Crippen molar-refractivity contribution in [3.05, 3.63) is 47.3 Å². The van der Waals surface area contributed by atoms with Crippen LogP contribution >= 0.6 is 0 Å². The number of halogens is 4. The molecule has 0 radical (unpaired) electrons. The first-order chi connectivity index (χ1) is 11.3. The van der Waals surface area contributed by atoms with E-state index < -0.39 is 56.8 Å². The van der Waals surface area contributed by atoms with Gasteiger partial charge in [0.15, 0.2) is 11.6 Å². The molecule has 0 amide bonds. The molecule has 0 fully saturated rings. The van der Waals surface area contributed by atoms with Crippen LogP contribution in [0.5, 0.6) is 0 Å². The Morgan fingerprint density at radius 1 is 1.32 bits per heavy atom. The summed E-state index contributed by atoms with van der Waals surface area (Å²) in [7, 11) is 0. The van der Waals surface area contributed by atoms with Crippen LogP contribution in [0.4, 0.5) is 17.6 Å². The largest absolute Gasteiger partial charge is 0.598 e. The molecule has 0 aromatic heterocycles. The molecule has 0 bridgehead atoms. The number of hydrogen-bond donors (Lipinski definition) is 2. The van der Waals surface area contributed by atoms with Crippen molar-refractivity contribution in [2.45, 2.75) is 44.2 Å². The van der Waals surface area contributed by atoms with E-state index in [0.29, 0.717) is 0 Å². The standard InChI is InChI=1S/C16H19F4NO3S/c1-15(2,3)25(24)21-16(4,12(19)8-11(18)14(22)23)9-6-5-7-10(17)13(9)20/h5-8,12,21H,1-4H3,(H,22,23). The van der Waals surface area contributed by atoms with Crippen LogP contribution in [0.2, 0.25) is 0 Å². The van der Waals surface area contributed by atoms with Gasteiger partial charge in [0.25, 0.3) is 0 Å². The molecule has 3 atom stereocenters. The van der Waals surface area contributed by atoms with E-state index in [-0.39, 0.29) is 6.08 Å². The fraction of sp³-hybridized carbons (Fsp3) is 0.438. The lowest BCUT2D eigenvalue weighted by Gasteiger charge is -2.36. The lowest BCUT2D eigenvalue weighted by Crippen LogP contribution is -2.54. The summed E-state index contributed by atoms with van der Waals surface area (Å²) in [6, 6.07) is 2.96. The van der Waals surface area contributed by atoms with Crippen LogP contribution in [0.1, 0.15) is 33.3 Å². The minimum Gasteiger partial charge on any atom is -0.598 e. The van der Waals surface area contributed by atoms with Crippen molar-refractivity contribution in [2.75, 3.05) is 0 Å². The van der Waals surface area contributed by atoms with E-state index in [2.05, 4.69) is 4.72 Å². The van der Waals surface area contributed by atoms with Gasteiger partial charge in [-0.2, -0.15) is 4.39 Å².